The van der Waals surface area contributed by atoms with Crippen molar-refractivity contribution in [2.45, 2.75) is 18.3 Å². The average molecular weight is 268 g/mol. The van der Waals surface area contributed by atoms with Gasteiger partial charge in [0.1, 0.15) is 0 Å². The summed E-state index contributed by atoms with van der Waals surface area (Å²) in [4.78, 5) is 20.9. The first-order valence-corrected chi connectivity index (χ1v) is 6.53. The Hall–Kier alpha value is -1.60. The molecule has 1 atom stereocenters. The third kappa shape index (κ3) is 2.32. The predicted octanol–water partition coefficient (Wildman–Crippen LogP) is 1.32. The number of nitro groups is 1. The molecule has 1 saturated carbocycles. The third-order valence-electron chi connectivity index (χ3n) is 3.21. The lowest BCUT2D eigenvalue weighted by Gasteiger charge is -2.17. The van der Waals surface area contributed by atoms with Crippen LogP contribution in [0.4, 0.5) is 5.69 Å². The third-order valence-corrected chi connectivity index (χ3v) is 4.00. The zero-order valence-corrected chi connectivity index (χ0v) is 10.1. The van der Waals surface area contributed by atoms with Gasteiger partial charge in [0.05, 0.1) is 10.5 Å². The second-order valence-corrected chi connectivity index (χ2v) is 5.27. The van der Waals surface area contributed by atoms with Crippen LogP contribution in [0.25, 0.3) is 0 Å². The van der Waals surface area contributed by atoms with Gasteiger partial charge in [-0.3, -0.25) is 19.1 Å². The second kappa shape index (κ2) is 4.58. The van der Waals surface area contributed by atoms with Gasteiger partial charge in [0.15, 0.2) is 6.29 Å². The summed E-state index contributed by atoms with van der Waals surface area (Å²) in [5, 5.41) is 10.7. The predicted molar refractivity (Wildman–Crippen MR) is 63.2 cm³/mol. The number of carbonyl (C=O) groups is 1. The highest BCUT2D eigenvalue weighted by Crippen LogP contribution is 2.49. The highest BCUT2D eigenvalue weighted by Gasteiger charge is 2.44. The molecule has 1 aliphatic carbocycles. The maximum atomic E-state index is 10.8. The van der Waals surface area contributed by atoms with Crippen molar-refractivity contribution in [3.05, 3.63) is 39.4 Å². The lowest BCUT2D eigenvalue weighted by Crippen LogP contribution is -2.17. The van der Waals surface area contributed by atoms with Crippen molar-refractivity contribution in [2.24, 2.45) is 0 Å². The van der Waals surface area contributed by atoms with Crippen molar-refractivity contribution in [2.75, 3.05) is 5.75 Å². The van der Waals surface area contributed by atoms with Crippen molar-refractivity contribution in [1.29, 1.82) is 0 Å². The number of aldehydes is 1. The summed E-state index contributed by atoms with van der Waals surface area (Å²) in [6, 6.07) is 4.21. The maximum absolute atomic E-state index is 10.8. The Morgan fingerprint density at radius 2 is 2.11 bits per heavy atom. The molecule has 1 unspecified atom stereocenters. The summed E-state index contributed by atoms with van der Waals surface area (Å²) < 4.78 is 21.6. The first kappa shape index (κ1) is 12.8. The van der Waals surface area contributed by atoms with Crippen LogP contribution in [-0.2, 0) is 16.5 Å². The van der Waals surface area contributed by atoms with Gasteiger partial charge >= 0.3 is 0 Å². The zero-order valence-electron chi connectivity index (χ0n) is 9.33. The minimum absolute atomic E-state index is 0.0108. The van der Waals surface area contributed by atoms with E-state index < -0.39 is 21.4 Å². The Bertz CT molecular complexity index is 538. The van der Waals surface area contributed by atoms with E-state index in [-0.39, 0.29) is 17.0 Å². The van der Waals surface area contributed by atoms with Crippen molar-refractivity contribution in [1.82, 2.24) is 0 Å². The van der Waals surface area contributed by atoms with Gasteiger partial charge in [0.25, 0.3) is 5.69 Å². The molecule has 1 aliphatic rings. The smallest absolute Gasteiger partial charge is 0.279 e. The first-order valence-electron chi connectivity index (χ1n) is 5.28. The summed E-state index contributed by atoms with van der Waals surface area (Å²) >= 11 is -2.17. The second-order valence-electron chi connectivity index (χ2n) is 4.38. The Labute approximate surface area is 105 Å². The number of benzene rings is 1. The molecule has 2 rings (SSSR count). The molecule has 6 nitrogen and oxygen atoms in total. The molecule has 0 bridgehead atoms. The molecule has 0 radical (unpaired) electrons. The van der Waals surface area contributed by atoms with Gasteiger partial charge in [-0.2, -0.15) is 0 Å². The number of carbonyl (C=O) groups excluding carboxylic acids is 1. The van der Waals surface area contributed by atoms with Crippen molar-refractivity contribution < 1.29 is 18.5 Å². The molecule has 0 heterocycles. The van der Waals surface area contributed by atoms with Crippen LogP contribution >= 0.6 is 0 Å². The van der Waals surface area contributed by atoms with E-state index in [2.05, 4.69) is 0 Å². The van der Waals surface area contributed by atoms with E-state index in [0.29, 0.717) is 11.8 Å². The number of hydrogen-bond acceptors (Lipinski definition) is 5. The number of hydrogen-bond donors (Lipinski definition) is 0. The maximum Gasteiger partial charge on any atom is 0.279 e. The van der Waals surface area contributed by atoms with E-state index in [1.165, 1.54) is 18.2 Å². The molecule has 0 aliphatic heterocycles. The molecule has 96 valence electrons. The minimum Gasteiger partial charge on any atom is -0.772 e. The highest BCUT2D eigenvalue weighted by molar-refractivity contribution is 7.79. The quantitative estimate of drug-likeness (QED) is 0.347. The molecular weight excluding hydrogens is 258 g/mol. The lowest BCUT2D eigenvalue weighted by atomic mass is 9.96. The highest BCUT2D eigenvalue weighted by atomic mass is 32.2. The first-order chi connectivity index (χ1) is 8.48. The fraction of sp³-hybridized carbons (Fsp3) is 0.364. The average Bonchev–Trinajstić information content (AvgIpc) is 3.08. The van der Waals surface area contributed by atoms with Crippen molar-refractivity contribution in [3.63, 3.8) is 0 Å². The Balaban J connectivity index is 2.39. The normalized spacial score (nSPS) is 18.1. The molecule has 7 heteroatoms. The van der Waals surface area contributed by atoms with Crippen LogP contribution in [0.2, 0.25) is 0 Å². The van der Waals surface area contributed by atoms with Crippen LogP contribution in [0.5, 0.6) is 0 Å². The van der Waals surface area contributed by atoms with Crippen molar-refractivity contribution in [3.8, 4) is 0 Å². The molecule has 0 amide bonds. The molecule has 0 saturated heterocycles. The van der Waals surface area contributed by atoms with E-state index in [4.69, 9.17) is 0 Å². The summed E-state index contributed by atoms with van der Waals surface area (Å²) in [5.74, 6) is -0.0108. The van der Waals surface area contributed by atoms with Gasteiger partial charge in [0, 0.05) is 17.2 Å². The molecule has 0 N–H and O–H groups in total. The lowest BCUT2D eigenvalue weighted by molar-refractivity contribution is -0.385. The Kier molecular flexibility index (Phi) is 3.27. The number of rotatable bonds is 5. The molecule has 1 aromatic rings. The van der Waals surface area contributed by atoms with E-state index in [0.717, 1.165) is 12.8 Å². The number of nitro benzene ring substituents is 1. The topological polar surface area (TPSA) is 100 Å². The fourth-order valence-corrected chi connectivity index (χ4v) is 2.94. The van der Waals surface area contributed by atoms with E-state index in [9.17, 15) is 23.7 Å². The van der Waals surface area contributed by atoms with Gasteiger partial charge in [-0.1, -0.05) is 17.1 Å². The summed E-state index contributed by atoms with van der Waals surface area (Å²) in [6.45, 7) is 0. The SMILES string of the molecule is O=Cc1cc(C2(CS(=O)[O-])CC2)ccc1[N+](=O)[O-]. The van der Waals surface area contributed by atoms with Crippen LogP contribution in [0.3, 0.4) is 0 Å². The molecule has 1 fully saturated rings. The summed E-state index contributed by atoms with van der Waals surface area (Å²) in [7, 11) is 0. The van der Waals surface area contributed by atoms with Crippen LogP contribution < -0.4 is 0 Å². The van der Waals surface area contributed by atoms with Gasteiger partial charge < -0.3 is 4.55 Å². The van der Waals surface area contributed by atoms with E-state index >= 15 is 0 Å². The van der Waals surface area contributed by atoms with E-state index in [1.807, 2.05) is 0 Å². The molecule has 0 aromatic heterocycles. The van der Waals surface area contributed by atoms with Gasteiger partial charge in [0.2, 0.25) is 0 Å². The van der Waals surface area contributed by atoms with Gasteiger partial charge in [-0.15, -0.1) is 0 Å². The Morgan fingerprint density at radius 3 is 2.56 bits per heavy atom. The molecular formula is C11H10NO5S-. The molecule has 0 spiro atoms. The van der Waals surface area contributed by atoms with Crippen molar-refractivity contribution >= 4 is 23.1 Å². The monoisotopic (exact) mass is 268 g/mol. The zero-order chi connectivity index (χ0) is 13.3. The molecule has 18 heavy (non-hydrogen) atoms. The summed E-state index contributed by atoms with van der Waals surface area (Å²) in [6.07, 6.45) is 1.86. The van der Waals surface area contributed by atoms with E-state index in [1.54, 1.807) is 0 Å². The number of nitrogens with zero attached hydrogens (tertiary/aromatic N) is 1. The van der Waals surface area contributed by atoms with Crippen LogP contribution in [0.1, 0.15) is 28.8 Å². The van der Waals surface area contributed by atoms with Gasteiger partial charge in [-0.25, -0.2) is 0 Å². The standard InChI is InChI=1S/C11H11NO5S/c13-6-8-5-9(1-2-10(8)12(14)15)11(3-4-11)7-18(16)17/h1-2,5-6H,3-4,7H2,(H,16,17)/p-1. The minimum atomic E-state index is -2.17. The molecule has 1 aromatic carbocycles. The van der Waals surface area contributed by atoms with Crippen LogP contribution in [-0.4, -0.2) is 25.7 Å². The van der Waals surface area contributed by atoms with Crippen LogP contribution in [0, 0.1) is 10.1 Å². The van der Waals surface area contributed by atoms with Crippen LogP contribution in [0.15, 0.2) is 18.2 Å². The van der Waals surface area contributed by atoms with Gasteiger partial charge in [-0.05, 0) is 24.5 Å². The Morgan fingerprint density at radius 1 is 1.44 bits per heavy atom. The fourth-order valence-electron chi connectivity index (χ4n) is 2.04. The summed E-state index contributed by atoms with van der Waals surface area (Å²) in [5.41, 5.74) is -0.0490. The largest absolute Gasteiger partial charge is 0.772 e.